The molecule has 3 unspecified atom stereocenters. The topological polar surface area (TPSA) is 39.7 Å². The fourth-order valence-corrected chi connectivity index (χ4v) is 3.27. The van der Waals surface area contributed by atoms with Crippen molar-refractivity contribution in [1.82, 2.24) is 15.5 Å². The molecule has 0 spiro atoms. The first kappa shape index (κ1) is 22.6. The number of halogens is 1. The van der Waals surface area contributed by atoms with Gasteiger partial charge >= 0.3 is 0 Å². The van der Waals surface area contributed by atoms with Gasteiger partial charge in [0.1, 0.15) is 0 Å². The number of hydrogen-bond acceptors (Lipinski definition) is 3. The number of nitrogens with one attached hydrogen (secondary N) is 2. The van der Waals surface area contributed by atoms with E-state index in [4.69, 9.17) is 4.99 Å². The summed E-state index contributed by atoms with van der Waals surface area (Å²) in [4.78, 5) is 7.29. The van der Waals surface area contributed by atoms with E-state index >= 15 is 0 Å². The molecule has 0 radical (unpaired) electrons. The number of likely N-dealkylation sites (tertiary alicyclic amines) is 1. The van der Waals surface area contributed by atoms with Crippen molar-refractivity contribution < 1.29 is 0 Å². The number of aliphatic imine (C=N–C) groups is 1. The summed E-state index contributed by atoms with van der Waals surface area (Å²) in [6, 6.07) is 11.8. The molecule has 1 aliphatic heterocycles. The monoisotopic (exact) mass is 476 g/mol. The molecule has 0 aromatic heterocycles. The maximum atomic E-state index is 4.74. The molecule has 2 N–H and O–H groups in total. The summed E-state index contributed by atoms with van der Waals surface area (Å²) in [7, 11) is 0. The molecule has 0 bridgehead atoms. The summed E-state index contributed by atoms with van der Waals surface area (Å²) < 4.78 is 0. The number of guanidine groups is 1. The molecule has 1 heterocycles. The second-order valence-corrected chi connectivity index (χ2v) is 7.88. The molecule has 1 saturated heterocycles. The molecule has 1 aliphatic rings. The molecule has 2 rings (SSSR count). The van der Waals surface area contributed by atoms with Gasteiger partial charge in [0.15, 0.2) is 5.96 Å². The Morgan fingerprint density at radius 1 is 1.36 bits per heavy atom. The van der Waals surface area contributed by atoms with Crippen LogP contribution in [0.4, 0.5) is 0 Å². The maximum absolute atomic E-state index is 4.74. The number of nitrogens with zero attached hydrogens (tertiary/aromatic N) is 2. The third kappa shape index (κ3) is 7.74. The van der Waals surface area contributed by atoms with Crippen LogP contribution in [-0.2, 0) is 6.54 Å². The van der Waals surface area contributed by atoms with Gasteiger partial charge in [-0.1, -0.05) is 37.3 Å². The van der Waals surface area contributed by atoms with Gasteiger partial charge in [-0.3, -0.25) is 9.89 Å². The quantitative estimate of drug-likeness (QED) is 0.359. The Balaban J connectivity index is 0.00000312. The molecule has 0 saturated carbocycles. The summed E-state index contributed by atoms with van der Waals surface area (Å²) >= 11 is 1.86. The van der Waals surface area contributed by atoms with Gasteiger partial charge in [-0.2, -0.15) is 11.8 Å². The van der Waals surface area contributed by atoms with Crippen molar-refractivity contribution in [3.05, 3.63) is 35.9 Å². The SMILES string of the molecule is CCNC(=NCC(C)SC)NC1CC(C)N(Cc2ccccc2)C1.I. The zero-order valence-corrected chi connectivity index (χ0v) is 19.0. The third-order valence-corrected chi connectivity index (χ3v) is 5.48. The van der Waals surface area contributed by atoms with Gasteiger partial charge in [-0.05, 0) is 32.1 Å². The Hall–Kier alpha value is -0.470. The number of hydrogen-bond donors (Lipinski definition) is 2. The van der Waals surface area contributed by atoms with E-state index in [0.29, 0.717) is 17.3 Å². The van der Waals surface area contributed by atoms with E-state index in [1.54, 1.807) is 0 Å². The normalized spacial score (nSPS) is 22.3. The standard InChI is InChI=1S/C19H32N4S.HI/c1-5-20-19(21-12-16(3)24-4)22-18-11-15(2)23(14-18)13-17-9-7-6-8-10-17;/h6-10,15-16,18H,5,11-14H2,1-4H3,(H2,20,21,22);1H. The van der Waals surface area contributed by atoms with Crippen LogP contribution in [0, 0.1) is 0 Å². The van der Waals surface area contributed by atoms with E-state index < -0.39 is 0 Å². The smallest absolute Gasteiger partial charge is 0.191 e. The Kier molecular flexibility index (Phi) is 10.8. The van der Waals surface area contributed by atoms with E-state index in [-0.39, 0.29) is 24.0 Å². The fraction of sp³-hybridized carbons (Fsp3) is 0.632. The number of rotatable bonds is 7. The summed E-state index contributed by atoms with van der Waals surface area (Å²) in [6.07, 6.45) is 3.30. The first-order chi connectivity index (χ1) is 11.6. The highest BCUT2D eigenvalue weighted by Gasteiger charge is 2.29. The van der Waals surface area contributed by atoms with Gasteiger partial charge in [0.2, 0.25) is 0 Å². The Morgan fingerprint density at radius 3 is 2.72 bits per heavy atom. The molecule has 25 heavy (non-hydrogen) atoms. The van der Waals surface area contributed by atoms with Crippen LogP contribution in [-0.4, -0.2) is 54.1 Å². The highest BCUT2D eigenvalue weighted by atomic mass is 127. The van der Waals surface area contributed by atoms with Crippen LogP contribution in [0.25, 0.3) is 0 Å². The lowest BCUT2D eigenvalue weighted by Crippen LogP contribution is -2.44. The van der Waals surface area contributed by atoms with Gasteiger partial charge in [0.25, 0.3) is 0 Å². The van der Waals surface area contributed by atoms with Gasteiger partial charge in [0.05, 0.1) is 6.54 Å². The van der Waals surface area contributed by atoms with E-state index in [1.807, 2.05) is 11.8 Å². The van der Waals surface area contributed by atoms with Crippen molar-refractivity contribution in [3.63, 3.8) is 0 Å². The van der Waals surface area contributed by atoms with Crippen LogP contribution in [0.1, 0.15) is 32.8 Å². The fourth-order valence-electron chi connectivity index (χ4n) is 3.05. The molecule has 3 atom stereocenters. The number of benzene rings is 1. The van der Waals surface area contributed by atoms with Crippen LogP contribution in [0.15, 0.2) is 35.3 Å². The zero-order chi connectivity index (χ0) is 17.4. The lowest BCUT2D eigenvalue weighted by atomic mass is 10.2. The molecule has 6 heteroatoms. The van der Waals surface area contributed by atoms with Crippen molar-refractivity contribution in [1.29, 1.82) is 0 Å². The predicted molar refractivity (Wildman–Crippen MR) is 122 cm³/mol. The largest absolute Gasteiger partial charge is 0.357 e. The highest BCUT2D eigenvalue weighted by molar-refractivity contribution is 14.0. The van der Waals surface area contributed by atoms with Crippen molar-refractivity contribution in [2.24, 2.45) is 4.99 Å². The van der Waals surface area contributed by atoms with Crippen LogP contribution in [0.2, 0.25) is 0 Å². The molecule has 1 fully saturated rings. The minimum Gasteiger partial charge on any atom is -0.357 e. The second-order valence-electron chi connectivity index (χ2n) is 6.61. The van der Waals surface area contributed by atoms with Crippen molar-refractivity contribution >= 4 is 41.7 Å². The van der Waals surface area contributed by atoms with Crippen molar-refractivity contribution in [2.45, 2.75) is 51.1 Å². The lowest BCUT2D eigenvalue weighted by Gasteiger charge is -2.21. The first-order valence-electron chi connectivity index (χ1n) is 8.98. The molecule has 142 valence electrons. The highest BCUT2D eigenvalue weighted by Crippen LogP contribution is 2.20. The second kappa shape index (κ2) is 12.0. The van der Waals surface area contributed by atoms with Crippen LogP contribution in [0.5, 0.6) is 0 Å². The van der Waals surface area contributed by atoms with E-state index in [1.165, 1.54) is 5.56 Å². The minimum atomic E-state index is 0. The van der Waals surface area contributed by atoms with E-state index in [2.05, 4.69) is 72.9 Å². The summed E-state index contributed by atoms with van der Waals surface area (Å²) in [6.45, 7) is 10.5. The van der Waals surface area contributed by atoms with E-state index in [0.717, 1.165) is 38.6 Å². The molecule has 4 nitrogen and oxygen atoms in total. The Morgan fingerprint density at radius 2 is 2.08 bits per heavy atom. The molecule has 0 amide bonds. The molecule has 1 aromatic carbocycles. The van der Waals surface area contributed by atoms with Gasteiger partial charge in [-0.15, -0.1) is 24.0 Å². The average Bonchev–Trinajstić information content (AvgIpc) is 2.92. The molecular weight excluding hydrogens is 443 g/mol. The van der Waals surface area contributed by atoms with Crippen molar-refractivity contribution in [2.75, 3.05) is 25.9 Å². The van der Waals surface area contributed by atoms with Crippen LogP contribution < -0.4 is 10.6 Å². The van der Waals surface area contributed by atoms with Crippen molar-refractivity contribution in [3.8, 4) is 0 Å². The average molecular weight is 476 g/mol. The Bertz CT molecular complexity index is 511. The third-order valence-electron chi connectivity index (χ3n) is 4.53. The zero-order valence-electron chi connectivity index (χ0n) is 15.9. The predicted octanol–water partition coefficient (Wildman–Crippen LogP) is 3.57. The van der Waals surface area contributed by atoms with Gasteiger partial charge < -0.3 is 10.6 Å². The minimum absolute atomic E-state index is 0. The lowest BCUT2D eigenvalue weighted by molar-refractivity contribution is 0.258. The summed E-state index contributed by atoms with van der Waals surface area (Å²) in [5.41, 5.74) is 1.39. The van der Waals surface area contributed by atoms with E-state index in [9.17, 15) is 0 Å². The summed E-state index contributed by atoms with van der Waals surface area (Å²) in [5, 5.41) is 7.56. The van der Waals surface area contributed by atoms with Crippen LogP contribution in [0.3, 0.4) is 0 Å². The van der Waals surface area contributed by atoms with Gasteiger partial charge in [0, 0.05) is 37.0 Å². The van der Waals surface area contributed by atoms with Gasteiger partial charge in [-0.25, -0.2) is 0 Å². The Labute approximate surface area is 174 Å². The molecule has 0 aliphatic carbocycles. The molecular formula is C19H33IN4S. The first-order valence-corrected chi connectivity index (χ1v) is 10.3. The maximum Gasteiger partial charge on any atom is 0.191 e. The molecule has 1 aromatic rings. The summed E-state index contributed by atoms with van der Waals surface area (Å²) in [5.74, 6) is 0.956. The van der Waals surface area contributed by atoms with Crippen LogP contribution >= 0.6 is 35.7 Å². The number of thioether (sulfide) groups is 1.